The summed E-state index contributed by atoms with van der Waals surface area (Å²) in [5, 5.41) is 0. The molecule has 2 rings (SSSR count). The van der Waals surface area contributed by atoms with Gasteiger partial charge in [-0.3, -0.25) is 0 Å². The van der Waals surface area contributed by atoms with Crippen molar-refractivity contribution in [3.8, 4) is 0 Å². The minimum absolute atomic E-state index is 0.900. The molecular formula is C11H15OS+. The Morgan fingerprint density at radius 2 is 1.54 bits per heavy atom. The summed E-state index contributed by atoms with van der Waals surface area (Å²) in [6, 6.07) is 9.96. The fraction of sp³-hybridized carbons (Fsp3) is 0.455. The third-order valence-electron chi connectivity index (χ3n) is 2.62. The summed E-state index contributed by atoms with van der Waals surface area (Å²) in [6.45, 7) is 0. The van der Waals surface area contributed by atoms with Gasteiger partial charge in [-0.05, 0) is 31.4 Å². The lowest BCUT2D eigenvalue weighted by Gasteiger charge is -2.16. The van der Waals surface area contributed by atoms with Crippen LogP contribution in [0.4, 0.5) is 0 Å². The summed E-state index contributed by atoms with van der Waals surface area (Å²) in [5.41, 5.74) is 0. The zero-order chi connectivity index (χ0) is 9.15. The molecule has 1 fully saturated rings. The van der Waals surface area contributed by atoms with Gasteiger partial charge in [0.1, 0.15) is 21.4 Å². The Kier molecular flexibility index (Phi) is 2.49. The van der Waals surface area contributed by atoms with Gasteiger partial charge < -0.3 is 0 Å². The maximum atomic E-state index is 12.4. The maximum Gasteiger partial charge on any atom is 0.158 e. The van der Waals surface area contributed by atoms with E-state index in [0.717, 1.165) is 29.2 Å². The van der Waals surface area contributed by atoms with E-state index in [1.807, 2.05) is 30.3 Å². The smallest absolute Gasteiger partial charge is 0.0997 e. The summed E-state index contributed by atoms with van der Waals surface area (Å²) in [6.07, 6.45) is 3.52. The number of rotatable bonds is 1. The molecule has 0 unspecified atom stereocenters. The van der Waals surface area contributed by atoms with Gasteiger partial charge in [-0.25, -0.2) is 0 Å². The van der Waals surface area contributed by atoms with E-state index < -0.39 is 9.93 Å². The molecule has 0 spiro atoms. The van der Waals surface area contributed by atoms with Crippen molar-refractivity contribution in [2.75, 3.05) is 11.5 Å². The molecule has 0 radical (unpaired) electrons. The standard InChI is InChI=1S/C11H15OS/c12-13(9-5-2-6-10-13)11-7-3-1-4-8-11/h1,3-4,7-8H,2,5-6,9-10H2/q+1. The summed E-state index contributed by atoms with van der Waals surface area (Å²) < 4.78 is 12.4. The summed E-state index contributed by atoms with van der Waals surface area (Å²) in [5.74, 6) is 1.80. The lowest BCUT2D eigenvalue weighted by atomic mass is 10.3. The van der Waals surface area contributed by atoms with Crippen LogP contribution in [0.25, 0.3) is 0 Å². The van der Waals surface area contributed by atoms with E-state index >= 15 is 0 Å². The van der Waals surface area contributed by atoms with E-state index in [4.69, 9.17) is 0 Å². The first-order valence-corrected chi connectivity index (χ1v) is 6.76. The molecule has 1 saturated heterocycles. The van der Waals surface area contributed by atoms with Crippen molar-refractivity contribution in [1.82, 2.24) is 0 Å². The van der Waals surface area contributed by atoms with E-state index in [9.17, 15) is 4.21 Å². The van der Waals surface area contributed by atoms with Crippen LogP contribution in [0.1, 0.15) is 19.3 Å². The molecule has 70 valence electrons. The second kappa shape index (κ2) is 3.62. The van der Waals surface area contributed by atoms with Crippen LogP contribution in [0.15, 0.2) is 35.2 Å². The van der Waals surface area contributed by atoms with Gasteiger partial charge in [-0.15, -0.1) is 0 Å². The zero-order valence-electron chi connectivity index (χ0n) is 7.74. The second-order valence-electron chi connectivity index (χ2n) is 3.59. The Balaban J connectivity index is 2.29. The lowest BCUT2D eigenvalue weighted by molar-refractivity contribution is 0.570. The molecule has 13 heavy (non-hydrogen) atoms. The van der Waals surface area contributed by atoms with E-state index in [2.05, 4.69) is 0 Å². The van der Waals surface area contributed by atoms with Crippen LogP contribution in [0.5, 0.6) is 0 Å². The van der Waals surface area contributed by atoms with E-state index in [-0.39, 0.29) is 0 Å². The van der Waals surface area contributed by atoms with Gasteiger partial charge in [-0.1, -0.05) is 22.4 Å². The molecule has 0 aromatic heterocycles. The largest absolute Gasteiger partial charge is 0.158 e. The Morgan fingerprint density at radius 3 is 2.15 bits per heavy atom. The normalized spacial score (nSPS) is 21.2. The molecule has 0 bridgehead atoms. The predicted octanol–water partition coefficient (Wildman–Crippen LogP) is 2.73. The summed E-state index contributed by atoms with van der Waals surface area (Å²) in [4.78, 5) is 1.06. The maximum absolute atomic E-state index is 12.4. The van der Waals surface area contributed by atoms with Gasteiger partial charge in [0.2, 0.25) is 0 Å². The van der Waals surface area contributed by atoms with Crippen molar-refractivity contribution < 1.29 is 4.21 Å². The van der Waals surface area contributed by atoms with Crippen LogP contribution in [-0.2, 0) is 14.1 Å². The third-order valence-corrected chi connectivity index (χ3v) is 5.65. The van der Waals surface area contributed by atoms with Crippen LogP contribution >= 0.6 is 0 Å². The van der Waals surface area contributed by atoms with Crippen LogP contribution in [0.2, 0.25) is 0 Å². The molecule has 1 aromatic carbocycles. The van der Waals surface area contributed by atoms with Crippen LogP contribution < -0.4 is 0 Å². The van der Waals surface area contributed by atoms with Gasteiger partial charge in [0.15, 0.2) is 4.90 Å². The molecule has 1 aliphatic heterocycles. The van der Waals surface area contributed by atoms with E-state index in [0.29, 0.717) is 0 Å². The first-order valence-electron chi connectivity index (χ1n) is 4.86. The quantitative estimate of drug-likeness (QED) is 0.630. The van der Waals surface area contributed by atoms with Crippen molar-refractivity contribution in [1.29, 1.82) is 0 Å². The minimum atomic E-state index is -1.67. The average Bonchev–Trinajstić information content (AvgIpc) is 2.20. The molecule has 1 heterocycles. The van der Waals surface area contributed by atoms with Crippen molar-refractivity contribution >= 4 is 9.93 Å². The van der Waals surface area contributed by atoms with Gasteiger partial charge in [0, 0.05) is 0 Å². The molecule has 0 saturated carbocycles. The SMILES string of the molecule is O=[S+]1(c2ccccc2)CCCCC1. The molecule has 0 amide bonds. The molecule has 0 N–H and O–H groups in total. The fourth-order valence-corrected chi connectivity index (χ4v) is 4.52. The molecule has 2 heteroatoms. The fourth-order valence-electron chi connectivity index (χ4n) is 1.85. The van der Waals surface area contributed by atoms with Crippen LogP contribution in [0.3, 0.4) is 0 Å². The van der Waals surface area contributed by atoms with Crippen LogP contribution in [0, 0.1) is 0 Å². The monoisotopic (exact) mass is 195 g/mol. The Hall–Kier alpha value is -0.630. The minimum Gasteiger partial charge on any atom is -0.0997 e. The van der Waals surface area contributed by atoms with Gasteiger partial charge >= 0.3 is 0 Å². The van der Waals surface area contributed by atoms with Gasteiger partial charge in [0.25, 0.3) is 0 Å². The number of hydrogen-bond acceptors (Lipinski definition) is 1. The Labute approximate surface area is 80.6 Å². The Bertz CT molecular complexity index is 308. The third kappa shape index (κ3) is 1.83. The highest BCUT2D eigenvalue weighted by molar-refractivity contribution is 8.03. The lowest BCUT2D eigenvalue weighted by Crippen LogP contribution is -2.24. The number of hydrogen-bond donors (Lipinski definition) is 0. The van der Waals surface area contributed by atoms with Gasteiger partial charge in [-0.2, -0.15) is 0 Å². The topological polar surface area (TPSA) is 17.1 Å². The second-order valence-corrected chi connectivity index (χ2v) is 6.51. The molecule has 1 nitrogen and oxygen atoms in total. The molecule has 1 aliphatic rings. The van der Waals surface area contributed by atoms with Crippen molar-refractivity contribution in [2.45, 2.75) is 24.2 Å². The molecule has 1 aromatic rings. The molecule has 0 atom stereocenters. The highest BCUT2D eigenvalue weighted by atomic mass is 32.2. The first kappa shape index (κ1) is 8.95. The summed E-state index contributed by atoms with van der Waals surface area (Å²) >= 11 is 0. The molecule has 0 aliphatic carbocycles. The van der Waals surface area contributed by atoms with Gasteiger partial charge in [0.05, 0.1) is 0 Å². The summed E-state index contributed by atoms with van der Waals surface area (Å²) in [7, 11) is -1.67. The average molecular weight is 195 g/mol. The van der Waals surface area contributed by atoms with E-state index in [1.165, 1.54) is 6.42 Å². The van der Waals surface area contributed by atoms with Crippen molar-refractivity contribution in [3.05, 3.63) is 30.3 Å². The first-order chi connectivity index (χ1) is 6.31. The number of benzene rings is 1. The molecular weight excluding hydrogens is 180 g/mol. The highest BCUT2D eigenvalue weighted by Gasteiger charge is 2.32. The van der Waals surface area contributed by atoms with Crippen molar-refractivity contribution in [3.63, 3.8) is 0 Å². The zero-order valence-corrected chi connectivity index (χ0v) is 8.56. The van der Waals surface area contributed by atoms with Crippen LogP contribution in [-0.4, -0.2) is 11.5 Å². The van der Waals surface area contributed by atoms with Crippen molar-refractivity contribution in [2.24, 2.45) is 0 Å². The predicted molar refractivity (Wildman–Crippen MR) is 56.3 cm³/mol. The Morgan fingerprint density at radius 1 is 0.923 bits per heavy atom. The van der Waals surface area contributed by atoms with E-state index in [1.54, 1.807) is 0 Å². The highest BCUT2D eigenvalue weighted by Crippen LogP contribution is 2.26.